The highest BCUT2D eigenvalue weighted by Crippen LogP contribution is 2.19. The number of para-hydroxylation sites is 1. The molecule has 2 N–H and O–H groups in total. The smallest absolute Gasteiger partial charge is 0.279 e. The second-order valence-electron chi connectivity index (χ2n) is 6.64. The molecule has 2 aromatic rings. The largest absolute Gasteiger partial charge is 0.331 e. The number of hydrogen-bond donors (Lipinski definition) is 2. The normalized spacial score (nSPS) is 14.8. The van der Waals surface area contributed by atoms with Crippen molar-refractivity contribution < 1.29 is 18.9 Å². The highest BCUT2D eigenvalue weighted by Gasteiger charge is 2.25. The van der Waals surface area contributed by atoms with Gasteiger partial charge >= 0.3 is 0 Å². The van der Waals surface area contributed by atoms with Crippen LogP contribution in [-0.2, 0) is 16.0 Å². The number of nitrogens with zero attached hydrogens (tertiary/aromatic N) is 1. The Morgan fingerprint density at radius 3 is 2.41 bits per heavy atom. The van der Waals surface area contributed by atoms with Crippen molar-refractivity contribution in [2.24, 2.45) is 0 Å². The molecule has 2 amide bonds. The first-order valence-electron chi connectivity index (χ1n) is 8.91. The first-order valence-corrected chi connectivity index (χ1v) is 9.29. The van der Waals surface area contributed by atoms with Gasteiger partial charge in [0.2, 0.25) is 5.91 Å². The molecule has 7 heteroatoms. The Morgan fingerprint density at radius 1 is 1.07 bits per heavy atom. The zero-order chi connectivity index (χ0) is 19.2. The summed E-state index contributed by atoms with van der Waals surface area (Å²) in [6, 6.07) is 13.1. The van der Waals surface area contributed by atoms with Gasteiger partial charge in [0.05, 0.1) is 43.3 Å². The SMILES string of the molecule is O=C(C[NH+]1CCN(C(=O)Cc2ccc(F)cc2)CC1)Nc1ccccc1Cl. The second-order valence-corrected chi connectivity index (χ2v) is 7.05. The Kier molecular flexibility index (Phi) is 6.42. The van der Waals surface area contributed by atoms with Gasteiger partial charge in [-0.15, -0.1) is 0 Å². The van der Waals surface area contributed by atoms with Gasteiger partial charge in [0, 0.05) is 0 Å². The monoisotopic (exact) mass is 390 g/mol. The number of amides is 2. The molecule has 0 atom stereocenters. The summed E-state index contributed by atoms with van der Waals surface area (Å²) in [5.74, 6) is -0.371. The molecule has 0 unspecified atom stereocenters. The molecule has 5 nitrogen and oxygen atoms in total. The second kappa shape index (κ2) is 8.97. The van der Waals surface area contributed by atoms with Gasteiger partial charge in [-0.25, -0.2) is 4.39 Å². The van der Waals surface area contributed by atoms with E-state index in [2.05, 4.69) is 5.32 Å². The summed E-state index contributed by atoms with van der Waals surface area (Å²) in [6.45, 7) is 2.98. The van der Waals surface area contributed by atoms with E-state index in [0.717, 1.165) is 10.5 Å². The number of benzene rings is 2. The van der Waals surface area contributed by atoms with Crippen molar-refractivity contribution in [2.45, 2.75) is 6.42 Å². The Hall–Kier alpha value is -2.44. The maximum atomic E-state index is 12.9. The van der Waals surface area contributed by atoms with Crippen molar-refractivity contribution in [3.63, 3.8) is 0 Å². The number of carbonyl (C=O) groups is 2. The quantitative estimate of drug-likeness (QED) is 0.810. The molecule has 0 aliphatic carbocycles. The van der Waals surface area contributed by atoms with Crippen molar-refractivity contribution in [1.29, 1.82) is 0 Å². The molecule has 0 spiro atoms. The highest BCUT2D eigenvalue weighted by molar-refractivity contribution is 6.33. The standard InChI is InChI=1S/C20H21ClFN3O2/c21-17-3-1-2-4-18(17)23-19(26)14-24-9-11-25(12-10-24)20(27)13-15-5-7-16(22)8-6-15/h1-8H,9-14H2,(H,23,26)/p+1. The van der Waals surface area contributed by atoms with Crippen molar-refractivity contribution in [3.05, 3.63) is 64.9 Å². The average molecular weight is 391 g/mol. The molecule has 1 heterocycles. The predicted molar refractivity (Wildman–Crippen MR) is 102 cm³/mol. The van der Waals surface area contributed by atoms with Gasteiger partial charge < -0.3 is 15.1 Å². The summed E-state index contributed by atoms with van der Waals surface area (Å²) in [7, 11) is 0. The van der Waals surface area contributed by atoms with Crippen LogP contribution in [0.15, 0.2) is 48.5 Å². The third kappa shape index (κ3) is 5.52. The molecular weight excluding hydrogens is 369 g/mol. The van der Waals surface area contributed by atoms with Crippen molar-refractivity contribution in [1.82, 2.24) is 4.90 Å². The molecule has 0 bridgehead atoms. The number of carbonyl (C=O) groups excluding carboxylic acids is 2. The minimum Gasteiger partial charge on any atom is -0.331 e. The Bertz CT molecular complexity index is 805. The Morgan fingerprint density at radius 2 is 1.74 bits per heavy atom. The number of rotatable bonds is 5. The van der Waals surface area contributed by atoms with E-state index < -0.39 is 0 Å². The highest BCUT2D eigenvalue weighted by atomic mass is 35.5. The maximum Gasteiger partial charge on any atom is 0.279 e. The molecule has 1 aliphatic rings. The van der Waals surface area contributed by atoms with Crippen LogP contribution in [0.5, 0.6) is 0 Å². The minimum atomic E-state index is -0.307. The molecule has 2 aromatic carbocycles. The molecule has 0 aromatic heterocycles. The van der Waals surface area contributed by atoms with Crippen LogP contribution in [0, 0.1) is 5.82 Å². The first kappa shape index (κ1) is 19.3. The number of nitrogens with one attached hydrogen (secondary N) is 2. The molecule has 3 rings (SSSR count). The van der Waals surface area contributed by atoms with Crippen molar-refractivity contribution in [2.75, 3.05) is 38.0 Å². The molecule has 1 fully saturated rings. The first-order chi connectivity index (χ1) is 13.0. The van der Waals surface area contributed by atoms with E-state index in [4.69, 9.17) is 11.6 Å². The van der Waals surface area contributed by atoms with Gasteiger partial charge in [0.1, 0.15) is 5.82 Å². The van der Waals surface area contributed by atoms with E-state index in [1.807, 2.05) is 12.1 Å². The molecular formula is C20H22ClFN3O2+. The lowest BCUT2D eigenvalue weighted by Crippen LogP contribution is -3.15. The molecule has 1 aliphatic heterocycles. The summed E-state index contributed by atoms with van der Waals surface area (Å²) in [5, 5.41) is 3.34. The van der Waals surface area contributed by atoms with Crippen LogP contribution in [0.25, 0.3) is 0 Å². The summed E-state index contributed by atoms with van der Waals surface area (Å²) >= 11 is 6.05. The van der Waals surface area contributed by atoms with Gasteiger partial charge in [-0.05, 0) is 29.8 Å². The summed E-state index contributed by atoms with van der Waals surface area (Å²) in [6.07, 6.45) is 0.266. The zero-order valence-corrected chi connectivity index (χ0v) is 15.6. The third-order valence-electron chi connectivity index (χ3n) is 4.65. The van der Waals surface area contributed by atoms with Gasteiger partial charge in [0.15, 0.2) is 6.54 Å². The van der Waals surface area contributed by atoms with E-state index >= 15 is 0 Å². The van der Waals surface area contributed by atoms with E-state index in [1.54, 1.807) is 29.2 Å². The number of halogens is 2. The van der Waals surface area contributed by atoms with Crippen LogP contribution >= 0.6 is 11.6 Å². The van der Waals surface area contributed by atoms with Gasteiger partial charge in [-0.3, -0.25) is 9.59 Å². The zero-order valence-electron chi connectivity index (χ0n) is 14.9. The van der Waals surface area contributed by atoms with Crippen LogP contribution in [-0.4, -0.2) is 49.4 Å². The number of hydrogen-bond acceptors (Lipinski definition) is 2. The number of quaternary nitrogens is 1. The number of piperazine rings is 1. The summed E-state index contributed by atoms with van der Waals surface area (Å²) in [5.41, 5.74) is 1.41. The topological polar surface area (TPSA) is 53.9 Å². The van der Waals surface area contributed by atoms with E-state index in [1.165, 1.54) is 12.1 Å². The van der Waals surface area contributed by atoms with E-state index in [-0.39, 0.29) is 24.1 Å². The lowest BCUT2D eigenvalue weighted by molar-refractivity contribution is -0.895. The predicted octanol–water partition coefficient (Wildman–Crippen LogP) is 1.39. The lowest BCUT2D eigenvalue weighted by Gasteiger charge is -2.32. The fourth-order valence-corrected chi connectivity index (χ4v) is 3.30. The van der Waals surface area contributed by atoms with Gasteiger partial charge in [-0.1, -0.05) is 35.9 Å². The van der Waals surface area contributed by atoms with Gasteiger partial charge in [-0.2, -0.15) is 0 Å². The van der Waals surface area contributed by atoms with Crippen LogP contribution in [0.1, 0.15) is 5.56 Å². The van der Waals surface area contributed by atoms with Crippen molar-refractivity contribution in [3.8, 4) is 0 Å². The third-order valence-corrected chi connectivity index (χ3v) is 4.98. The fourth-order valence-electron chi connectivity index (χ4n) is 3.12. The fraction of sp³-hybridized carbons (Fsp3) is 0.300. The lowest BCUT2D eigenvalue weighted by atomic mass is 10.1. The minimum absolute atomic E-state index is 0.0289. The molecule has 0 saturated carbocycles. The van der Waals surface area contributed by atoms with Crippen LogP contribution in [0.2, 0.25) is 5.02 Å². The number of anilines is 1. The van der Waals surface area contributed by atoms with E-state index in [0.29, 0.717) is 43.4 Å². The molecule has 0 radical (unpaired) electrons. The Balaban J connectivity index is 1.44. The van der Waals surface area contributed by atoms with Crippen LogP contribution < -0.4 is 10.2 Å². The van der Waals surface area contributed by atoms with Crippen LogP contribution in [0.3, 0.4) is 0 Å². The van der Waals surface area contributed by atoms with Crippen molar-refractivity contribution >= 4 is 29.1 Å². The average Bonchev–Trinajstić information content (AvgIpc) is 2.66. The molecule has 1 saturated heterocycles. The Labute approximate surface area is 162 Å². The molecule has 142 valence electrons. The summed E-state index contributed by atoms with van der Waals surface area (Å²) in [4.78, 5) is 27.5. The van der Waals surface area contributed by atoms with E-state index in [9.17, 15) is 14.0 Å². The summed E-state index contributed by atoms with van der Waals surface area (Å²) < 4.78 is 12.9. The molecule has 27 heavy (non-hydrogen) atoms. The van der Waals surface area contributed by atoms with Crippen LogP contribution in [0.4, 0.5) is 10.1 Å². The maximum absolute atomic E-state index is 12.9. The van der Waals surface area contributed by atoms with Gasteiger partial charge in [0.25, 0.3) is 5.91 Å².